The predicted molar refractivity (Wildman–Crippen MR) is 81.6 cm³/mol. The van der Waals surface area contributed by atoms with E-state index in [4.69, 9.17) is 0 Å². The van der Waals surface area contributed by atoms with Crippen molar-refractivity contribution in [2.75, 3.05) is 18.4 Å². The summed E-state index contributed by atoms with van der Waals surface area (Å²) in [6.07, 6.45) is 2.66. The van der Waals surface area contributed by atoms with E-state index < -0.39 is 11.6 Å². The van der Waals surface area contributed by atoms with Crippen molar-refractivity contribution in [3.8, 4) is 0 Å². The minimum atomic E-state index is -0.952. The van der Waals surface area contributed by atoms with Crippen molar-refractivity contribution in [3.63, 3.8) is 0 Å². The Morgan fingerprint density at radius 3 is 2.81 bits per heavy atom. The molecule has 2 N–H and O–H groups in total. The van der Waals surface area contributed by atoms with Crippen molar-refractivity contribution in [1.29, 1.82) is 0 Å². The lowest BCUT2D eigenvalue weighted by Crippen LogP contribution is -2.34. The average Bonchev–Trinajstić information content (AvgIpc) is 2.44. The fourth-order valence-corrected chi connectivity index (χ4v) is 2.61. The first-order chi connectivity index (χ1) is 9.56. The van der Waals surface area contributed by atoms with E-state index >= 15 is 0 Å². The number of hydrogen-bond donors (Lipinski definition) is 2. The molecule has 1 aromatic carbocycles. The maximum Gasteiger partial charge on any atom is 0.224 e. The van der Waals surface area contributed by atoms with Gasteiger partial charge in [0.1, 0.15) is 0 Å². The number of hydrogen-bond acceptors (Lipinski definition) is 2. The lowest BCUT2D eigenvalue weighted by atomic mass is 9.85. The quantitative estimate of drug-likeness (QED) is 0.894. The van der Waals surface area contributed by atoms with Gasteiger partial charge in [0, 0.05) is 18.2 Å². The second kappa shape index (κ2) is 8.29. The van der Waals surface area contributed by atoms with Crippen LogP contribution in [0.3, 0.4) is 0 Å². The Bertz CT molecular complexity index is 479. The van der Waals surface area contributed by atoms with Crippen LogP contribution in [0.5, 0.6) is 0 Å². The number of halogens is 3. The third-order valence-electron chi connectivity index (χ3n) is 3.85. The first kappa shape index (κ1) is 17.9. The van der Waals surface area contributed by atoms with E-state index in [0.29, 0.717) is 18.0 Å². The van der Waals surface area contributed by atoms with Gasteiger partial charge in [0.15, 0.2) is 11.6 Å². The van der Waals surface area contributed by atoms with E-state index in [1.54, 1.807) is 0 Å². The van der Waals surface area contributed by atoms with Crippen molar-refractivity contribution in [1.82, 2.24) is 5.32 Å². The fourth-order valence-electron chi connectivity index (χ4n) is 2.61. The predicted octanol–water partition coefficient (Wildman–Crippen LogP) is 3.35. The van der Waals surface area contributed by atoms with Crippen molar-refractivity contribution >= 4 is 24.0 Å². The van der Waals surface area contributed by atoms with Gasteiger partial charge in [-0.15, -0.1) is 12.4 Å². The van der Waals surface area contributed by atoms with Gasteiger partial charge in [0.05, 0.1) is 0 Å². The van der Waals surface area contributed by atoms with Crippen LogP contribution in [0, 0.1) is 23.5 Å². The maximum absolute atomic E-state index is 13.0. The first-order valence-corrected chi connectivity index (χ1v) is 7.02. The van der Waals surface area contributed by atoms with Gasteiger partial charge in [-0.1, -0.05) is 6.92 Å². The highest BCUT2D eigenvalue weighted by atomic mass is 35.5. The van der Waals surface area contributed by atoms with Gasteiger partial charge < -0.3 is 10.6 Å². The zero-order chi connectivity index (χ0) is 14.5. The molecule has 2 rings (SSSR count). The molecule has 1 heterocycles. The second-order valence-electron chi connectivity index (χ2n) is 5.46. The van der Waals surface area contributed by atoms with Gasteiger partial charge in [-0.3, -0.25) is 4.79 Å². The average molecular weight is 319 g/mol. The number of nitrogens with one attached hydrogen (secondary N) is 2. The molecular formula is C15H21ClF2N2O. The Morgan fingerprint density at radius 2 is 2.19 bits per heavy atom. The van der Waals surface area contributed by atoms with Gasteiger partial charge in [-0.25, -0.2) is 8.78 Å². The van der Waals surface area contributed by atoms with Crippen molar-refractivity contribution < 1.29 is 13.6 Å². The van der Waals surface area contributed by atoms with E-state index in [1.165, 1.54) is 6.07 Å². The summed E-state index contributed by atoms with van der Waals surface area (Å²) in [5.41, 5.74) is 0.294. The minimum Gasteiger partial charge on any atom is -0.326 e. The zero-order valence-electron chi connectivity index (χ0n) is 12.0. The summed E-state index contributed by atoms with van der Waals surface area (Å²) >= 11 is 0. The number of benzene rings is 1. The molecular weight excluding hydrogens is 298 g/mol. The molecule has 118 valence electrons. The minimum absolute atomic E-state index is 0. The van der Waals surface area contributed by atoms with Crippen LogP contribution in [0.1, 0.15) is 26.2 Å². The van der Waals surface area contributed by atoms with E-state index in [9.17, 15) is 13.6 Å². The number of carbonyl (C=O) groups excluding carboxylic acids is 1. The first-order valence-electron chi connectivity index (χ1n) is 7.02. The molecule has 1 aliphatic heterocycles. The molecule has 0 spiro atoms. The smallest absolute Gasteiger partial charge is 0.224 e. The molecule has 1 fully saturated rings. The van der Waals surface area contributed by atoms with Gasteiger partial charge in [0.25, 0.3) is 0 Å². The molecule has 1 aliphatic rings. The third-order valence-corrected chi connectivity index (χ3v) is 3.85. The topological polar surface area (TPSA) is 41.1 Å². The SMILES string of the molecule is CC(CC(=O)Nc1ccc(F)c(F)c1)C1CCCNC1.Cl. The highest BCUT2D eigenvalue weighted by Crippen LogP contribution is 2.23. The Labute approximate surface area is 129 Å². The fraction of sp³-hybridized carbons (Fsp3) is 0.533. The molecule has 0 aliphatic carbocycles. The van der Waals surface area contributed by atoms with Crippen LogP contribution in [-0.2, 0) is 4.79 Å². The molecule has 0 saturated carbocycles. The van der Waals surface area contributed by atoms with Crippen LogP contribution >= 0.6 is 12.4 Å². The molecule has 0 bridgehead atoms. The lowest BCUT2D eigenvalue weighted by Gasteiger charge is -2.28. The Balaban J connectivity index is 0.00000220. The second-order valence-corrected chi connectivity index (χ2v) is 5.46. The van der Waals surface area contributed by atoms with E-state index in [0.717, 1.165) is 38.1 Å². The molecule has 2 atom stereocenters. The van der Waals surface area contributed by atoms with Gasteiger partial charge in [0.2, 0.25) is 5.91 Å². The largest absolute Gasteiger partial charge is 0.326 e. The molecule has 1 aromatic rings. The summed E-state index contributed by atoms with van der Waals surface area (Å²) in [4.78, 5) is 11.9. The summed E-state index contributed by atoms with van der Waals surface area (Å²) < 4.78 is 25.8. The molecule has 1 saturated heterocycles. The normalized spacial score (nSPS) is 19.5. The Morgan fingerprint density at radius 1 is 1.43 bits per heavy atom. The van der Waals surface area contributed by atoms with Crippen LogP contribution in [-0.4, -0.2) is 19.0 Å². The number of piperidine rings is 1. The molecule has 0 radical (unpaired) electrons. The summed E-state index contributed by atoms with van der Waals surface area (Å²) in [7, 11) is 0. The highest BCUT2D eigenvalue weighted by Gasteiger charge is 2.22. The number of amides is 1. The van der Waals surface area contributed by atoms with Crippen LogP contribution in [0.4, 0.5) is 14.5 Å². The van der Waals surface area contributed by atoms with E-state index in [2.05, 4.69) is 17.6 Å². The number of rotatable bonds is 4. The lowest BCUT2D eigenvalue weighted by molar-refractivity contribution is -0.117. The summed E-state index contributed by atoms with van der Waals surface area (Å²) in [5, 5.41) is 5.94. The maximum atomic E-state index is 13.0. The Kier molecular flexibility index (Phi) is 7.05. The molecule has 1 amide bonds. The molecule has 6 heteroatoms. The summed E-state index contributed by atoms with van der Waals surface area (Å²) in [5.74, 6) is -1.25. The van der Waals surface area contributed by atoms with E-state index in [1.807, 2.05) is 0 Å². The number of anilines is 1. The molecule has 21 heavy (non-hydrogen) atoms. The summed E-state index contributed by atoms with van der Waals surface area (Å²) in [6, 6.07) is 3.38. The van der Waals surface area contributed by atoms with Crippen molar-refractivity contribution in [2.45, 2.75) is 26.2 Å². The van der Waals surface area contributed by atoms with E-state index in [-0.39, 0.29) is 24.2 Å². The molecule has 2 unspecified atom stereocenters. The van der Waals surface area contributed by atoms with Crippen molar-refractivity contribution in [3.05, 3.63) is 29.8 Å². The Hall–Kier alpha value is -1.20. The summed E-state index contributed by atoms with van der Waals surface area (Å²) in [6.45, 7) is 4.05. The van der Waals surface area contributed by atoms with Gasteiger partial charge >= 0.3 is 0 Å². The van der Waals surface area contributed by atoms with Crippen LogP contribution in [0.2, 0.25) is 0 Å². The van der Waals surface area contributed by atoms with Gasteiger partial charge in [-0.05, 0) is 49.9 Å². The highest BCUT2D eigenvalue weighted by molar-refractivity contribution is 5.90. The van der Waals surface area contributed by atoms with Crippen LogP contribution in [0.15, 0.2) is 18.2 Å². The standard InChI is InChI=1S/C15H20F2N2O.ClH/c1-10(11-3-2-6-18-9-11)7-15(20)19-12-4-5-13(16)14(17)8-12;/h4-5,8,10-11,18H,2-3,6-7,9H2,1H3,(H,19,20);1H. The zero-order valence-corrected chi connectivity index (χ0v) is 12.8. The molecule has 0 aromatic heterocycles. The van der Waals surface area contributed by atoms with Crippen LogP contribution in [0.25, 0.3) is 0 Å². The number of carbonyl (C=O) groups is 1. The molecule has 3 nitrogen and oxygen atoms in total. The van der Waals surface area contributed by atoms with Crippen molar-refractivity contribution in [2.24, 2.45) is 11.8 Å². The van der Waals surface area contributed by atoms with Crippen LogP contribution < -0.4 is 10.6 Å². The monoisotopic (exact) mass is 318 g/mol. The third kappa shape index (κ3) is 5.25. The van der Waals surface area contributed by atoms with Gasteiger partial charge in [-0.2, -0.15) is 0 Å².